The third-order valence-corrected chi connectivity index (χ3v) is 2.43. The van der Waals surface area contributed by atoms with Gasteiger partial charge in [0, 0.05) is 0 Å². The van der Waals surface area contributed by atoms with E-state index in [1.54, 1.807) is 0 Å². The maximum atomic E-state index is 10.9. The van der Waals surface area contributed by atoms with Gasteiger partial charge in [-0.3, -0.25) is 0 Å². The SMILES string of the molecule is CCCCOC1=C(Cl)C(Cl)C(=O)O1. The summed E-state index contributed by atoms with van der Waals surface area (Å²) < 4.78 is 9.80. The van der Waals surface area contributed by atoms with E-state index in [-0.39, 0.29) is 11.0 Å². The minimum absolute atomic E-state index is 0.0557. The van der Waals surface area contributed by atoms with Crippen LogP contribution in [0.25, 0.3) is 0 Å². The molecule has 0 aromatic carbocycles. The summed E-state index contributed by atoms with van der Waals surface area (Å²) >= 11 is 11.3. The predicted molar refractivity (Wildman–Crippen MR) is 49.5 cm³/mol. The topological polar surface area (TPSA) is 35.5 Å². The number of halogens is 2. The van der Waals surface area contributed by atoms with Gasteiger partial charge in [-0.2, -0.15) is 0 Å². The van der Waals surface area contributed by atoms with Crippen LogP contribution in [-0.4, -0.2) is 18.0 Å². The molecule has 5 heteroatoms. The largest absolute Gasteiger partial charge is 0.464 e. The molecular formula is C8H10Cl2O3. The average Bonchev–Trinajstić information content (AvgIpc) is 2.34. The molecule has 0 bridgehead atoms. The van der Waals surface area contributed by atoms with Crippen molar-refractivity contribution in [1.29, 1.82) is 0 Å². The van der Waals surface area contributed by atoms with Gasteiger partial charge < -0.3 is 9.47 Å². The molecule has 0 aliphatic carbocycles. The molecule has 1 atom stereocenters. The van der Waals surface area contributed by atoms with E-state index in [0.717, 1.165) is 12.8 Å². The molecular weight excluding hydrogens is 215 g/mol. The Kier molecular flexibility index (Phi) is 3.88. The smallest absolute Gasteiger partial charge is 0.337 e. The Morgan fingerprint density at radius 1 is 1.62 bits per heavy atom. The average molecular weight is 225 g/mol. The van der Waals surface area contributed by atoms with E-state index in [1.807, 2.05) is 6.92 Å². The maximum absolute atomic E-state index is 10.9. The number of rotatable bonds is 4. The number of cyclic esters (lactones) is 1. The van der Waals surface area contributed by atoms with Gasteiger partial charge in [-0.05, 0) is 6.42 Å². The van der Waals surface area contributed by atoms with Crippen LogP contribution in [0, 0.1) is 0 Å². The molecule has 0 saturated heterocycles. The Bertz CT molecular complexity index is 238. The van der Waals surface area contributed by atoms with Crippen LogP contribution in [0.2, 0.25) is 0 Å². The van der Waals surface area contributed by atoms with Gasteiger partial charge in [-0.25, -0.2) is 4.79 Å². The minimum Gasteiger partial charge on any atom is -0.464 e. The van der Waals surface area contributed by atoms with E-state index < -0.39 is 11.3 Å². The summed E-state index contributed by atoms with van der Waals surface area (Å²) in [4.78, 5) is 10.9. The van der Waals surface area contributed by atoms with Crippen molar-refractivity contribution in [3.8, 4) is 0 Å². The van der Waals surface area contributed by atoms with Crippen LogP contribution < -0.4 is 0 Å². The molecule has 3 nitrogen and oxygen atoms in total. The molecule has 1 aliphatic heterocycles. The molecule has 0 fully saturated rings. The number of hydrogen-bond acceptors (Lipinski definition) is 3. The van der Waals surface area contributed by atoms with E-state index in [4.69, 9.17) is 27.9 Å². The molecule has 0 N–H and O–H groups in total. The fraction of sp³-hybridized carbons (Fsp3) is 0.625. The van der Waals surface area contributed by atoms with Crippen molar-refractivity contribution in [2.24, 2.45) is 0 Å². The first-order valence-electron chi connectivity index (χ1n) is 4.05. The first-order valence-corrected chi connectivity index (χ1v) is 4.86. The van der Waals surface area contributed by atoms with E-state index in [9.17, 15) is 4.79 Å². The summed E-state index contributed by atoms with van der Waals surface area (Å²) in [5.41, 5.74) is 0. The van der Waals surface area contributed by atoms with Gasteiger partial charge in [-0.15, -0.1) is 11.6 Å². The molecule has 0 spiro atoms. The lowest BCUT2D eigenvalue weighted by molar-refractivity contribution is -0.140. The molecule has 0 aromatic rings. The highest BCUT2D eigenvalue weighted by Crippen LogP contribution is 2.29. The molecule has 74 valence electrons. The Labute approximate surface area is 86.6 Å². The van der Waals surface area contributed by atoms with Gasteiger partial charge in [0.15, 0.2) is 5.38 Å². The predicted octanol–water partition coefficient (Wildman–Crippen LogP) is 2.38. The molecule has 1 heterocycles. The van der Waals surface area contributed by atoms with Crippen molar-refractivity contribution in [2.45, 2.75) is 25.1 Å². The third kappa shape index (κ3) is 2.51. The summed E-state index contributed by atoms with van der Waals surface area (Å²) in [6, 6.07) is 0. The van der Waals surface area contributed by atoms with Gasteiger partial charge in [-0.1, -0.05) is 24.9 Å². The van der Waals surface area contributed by atoms with E-state index in [0.29, 0.717) is 6.61 Å². The lowest BCUT2D eigenvalue weighted by Gasteiger charge is -2.03. The van der Waals surface area contributed by atoms with E-state index in [2.05, 4.69) is 4.74 Å². The number of carbonyl (C=O) groups excluding carboxylic acids is 1. The number of alkyl halides is 1. The number of esters is 1. The van der Waals surface area contributed by atoms with Crippen LogP contribution in [0.5, 0.6) is 0 Å². The second-order valence-corrected chi connectivity index (χ2v) is 3.46. The fourth-order valence-electron chi connectivity index (χ4n) is 0.806. The van der Waals surface area contributed by atoms with Crippen molar-refractivity contribution in [3.05, 3.63) is 11.0 Å². The molecule has 0 saturated carbocycles. The van der Waals surface area contributed by atoms with Crippen molar-refractivity contribution >= 4 is 29.2 Å². The van der Waals surface area contributed by atoms with E-state index >= 15 is 0 Å². The normalized spacial score (nSPS) is 22.1. The first-order chi connectivity index (χ1) is 6.16. The van der Waals surface area contributed by atoms with Crippen molar-refractivity contribution in [3.63, 3.8) is 0 Å². The second kappa shape index (κ2) is 4.72. The zero-order chi connectivity index (χ0) is 9.84. The Morgan fingerprint density at radius 3 is 2.77 bits per heavy atom. The third-order valence-electron chi connectivity index (χ3n) is 1.55. The molecule has 0 aromatic heterocycles. The molecule has 13 heavy (non-hydrogen) atoms. The van der Waals surface area contributed by atoms with E-state index in [1.165, 1.54) is 0 Å². The summed E-state index contributed by atoms with van der Waals surface area (Å²) in [5, 5.41) is -0.763. The fourth-order valence-corrected chi connectivity index (χ4v) is 1.12. The molecule has 1 rings (SSSR count). The zero-order valence-electron chi connectivity index (χ0n) is 7.18. The highest BCUT2D eigenvalue weighted by Gasteiger charge is 2.34. The molecule has 1 aliphatic rings. The van der Waals surface area contributed by atoms with Crippen LogP contribution in [-0.2, 0) is 14.3 Å². The van der Waals surface area contributed by atoms with Gasteiger partial charge in [0.1, 0.15) is 5.03 Å². The Balaban J connectivity index is 2.46. The van der Waals surface area contributed by atoms with Gasteiger partial charge in [0.05, 0.1) is 6.61 Å². The van der Waals surface area contributed by atoms with Gasteiger partial charge in [0.25, 0.3) is 0 Å². The number of hydrogen-bond donors (Lipinski definition) is 0. The van der Waals surface area contributed by atoms with Crippen LogP contribution in [0.1, 0.15) is 19.8 Å². The lowest BCUT2D eigenvalue weighted by atomic mass is 10.4. The van der Waals surface area contributed by atoms with Crippen LogP contribution >= 0.6 is 23.2 Å². The standard InChI is InChI=1S/C8H10Cl2O3/c1-2-3-4-12-8-6(10)5(9)7(11)13-8/h5H,2-4H2,1H3. The van der Waals surface area contributed by atoms with Gasteiger partial charge in [0.2, 0.25) is 0 Å². The molecule has 0 radical (unpaired) electrons. The van der Waals surface area contributed by atoms with Crippen LogP contribution in [0.3, 0.4) is 0 Å². The van der Waals surface area contributed by atoms with Crippen LogP contribution in [0.15, 0.2) is 11.0 Å². The summed E-state index contributed by atoms with van der Waals surface area (Å²) in [6.07, 6.45) is 1.89. The number of ether oxygens (including phenoxy) is 2. The van der Waals surface area contributed by atoms with Crippen molar-refractivity contribution < 1.29 is 14.3 Å². The monoisotopic (exact) mass is 224 g/mol. The number of carbonyl (C=O) groups is 1. The summed E-state index contributed by atoms with van der Waals surface area (Å²) in [5.74, 6) is -0.515. The van der Waals surface area contributed by atoms with Gasteiger partial charge >= 0.3 is 11.9 Å². The quantitative estimate of drug-likeness (QED) is 0.418. The van der Waals surface area contributed by atoms with Crippen molar-refractivity contribution in [2.75, 3.05) is 6.61 Å². The second-order valence-electron chi connectivity index (χ2n) is 2.62. The molecule has 1 unspecified atom stereocenters. The van der Waals surface area contributed by atoms with Crippen LogP contribution in [0.4, 0.5) is 0 Å². The van der Waals surface area contributed by atoms with Crippen molar-refractivity contribution in [1.82, 2.24) is 0 Å². The lowest BCUT2D eigenvalue weighted by Crippen LogP contribution is -2.08. The highest BCUT2D eigenvalue weighted by atomic mass is 35.5. The zero-order valence-corrected chi connectivity index (χ0v) is 8.69. The highest BCUT2D eigenvalue weighted by molar-refractivity contribution is 6.44. The summed E-state index contributed by atoms with van der Waals surface area (Å²) in [6.45, 7) is 2.52. The molecule has 0 amide bonds. The first kappa shape index (κ1) is 10.7. The Morgan fingerprint density at radius 2 is 2.31 bits per heavy atom. The Hall–Kier alpha value is -0.410. The summed E-state index contributed by atoms with van der Waals surface area (Å²) in [7, 11) is 0. The minimum atomic E-state index is -0.904. The maximum Gasteiger partial charge on any atom is 0.337 e. The number of unbranched alkanes of at least 4 members (excludes halogenated alkanes) is 1.